The maximum atomic E-state index is 5.49. The molecule has 1 aliphatic rings. The summed E-state index contributed by atoms with van der Waals surface area (Å²) in [6.07, 6.45) is 2.64. The first-order valence-electron chi connectivity index (χ1n) is 4.44. The summed E-state index contributed by atoms with van der Waals surface area (Å²) in [6.45, 7) is 0.629. The van der Waals surface area contributed by atoms with Crippen LogP contribution in [0.1, 0.15) is 18.4 Å². The van der Waals surface area contributed by atoms with Gasteiger partial charge in [-0.3, -0.25) is 0 Å². The number of anilines is 1. The third-order valence-electron chi connectivity index (χ3n) is 2.14. The van der Waals surface area contributed by atoms with Crippen molar-refractivity contribution in [2.75, 3.05) is 5.32 Å². The van der Waals surface area contributed by atoms with Crippen molar-refractivity contribution in [2.24, 2.45) is 5.73 Å². The molecule has 0 spiro atoms. The highest BCUT2D eigenvalue weighted by Crippen LogP contribution is 2.24. The minimum Gasteiger partial charge on any atom is -0.382 e. The van der Waals surface area contributed by atoms with Crippen molar-refractivity contribution in [1.29, 1.82) is 0 Å². The number of hydrogen-bond acceptors (Lipinski definition) is 2. The minimum absolute atomic E-state index is 0.629. The molecule has 64 valence electrons. The molecule has 0 unspecified atom stereocenters. The molecule has 0 saturated heterocycles. The average Bonchev–Trinajstić information content (AvgIpc) is 2.90. The van der Waals surface area contributed by atoms with Crippen molar-refractivity contribution in [3.63, 3.8) is 0 Å². The quantitative estimate of drug-likeness (QED) is 0.710. The van der Waals surface area contributed by atoms with E-state index in [1.54, 1.807) is 0 Å². The van der Waals surface area contributed by atoms with Crippen molar-refractivity contribution in [2.45, 2.75) is 25.4 Å². The van der Waals surface area contributed by atoms with E-state index < -0.39 is 0 Å². The van der Waals surface area contributed by atoms with Crippen LogP contribution in [0.4, 0.5) is 5.69 Å². The summed E-state index contributed by atoms with van der Waals surface area (Å²) in [7, 11) is 0. The van der Waals surface area contributed by atoms with Crippen molar-refractivity contribution >= 4 is 5.69 Å². The molecule has 2 nitrogen and oxygen atoms in total. The SMILES string of the molecule is NCc1ccc(NC2CC2)cc1. The lowest BCUT2D eigenvalue weighted by Gasteiger charge is -2.04. The van der Waals surface area contributed by atoms with Crippen molar-refractivity contribution in [3.05, 3.63) is 29.8 Å². The van der Waals surface area contributed by atoms with E-state index >= 15 is 0 Å². The molecule has 12 heavy (non-hydrogen) atoms. The molecule has 0 aliphatic heterocycles. The molecular weight excluding hydrogens is 148 g/mol. The molecule has 0 atom stereocenters. The standard InChI is InChI=1S/C10H14N2/c11-7-8-1-3-9(4-2-8)12-10-5-6-10/h1-4,10,12H,5-7,11H2. The highest BCUT2D eigenvalue weighted by atomic mass is 14.9. The lowest BCUT2D eigenvalue weighted by molar-refractivity contribution is 1.07. The van der Waals surface area contributed by atoms with E-state index in [4.69, 9.17) is 5.73 Å². The first-order chi connectivity index (χ1) is 5.88. The molecule has 1 aromatic rings. The van der Waals surface area contributed by atoms with Gasteiger partial charge in [-0.05, 0) is 30.5 Å². The Kier molecular flexibility index (Phi) is 2.00. The van der Waals surface area contributed by atoms with Crippen LogP contribution in [0.25, 0.3) is 0 Å². The largest absolute Gasteiger partial charge is 0.382 e. The van der Waals surface area contributed by atoms with Gasteiger partial charge in [-0.15, -0.1) is 0 Å². The normalized spacial score (nSPS) is 16.1. The number of rotatable bonds is 3. The van der Waals surface area contributed by atoms with Crippen LogP contribution in [0.5, 0.6) is 0 Å². The van der Waals surface area contributed by atoms with Crippen LogP contribution in [-0.2, 0) is 6.54 Å². The number of nitrogens with two attached hydrogens (primary N) is 1. The lowest BCUT2D eigenvalue weighted by Crippen LogP contribution is -2.01. The summed E-state index contributed by atoms with van der Waals surface area (Å²) >= 11 is 0. The summed E-state index contributed by atoms with van der Waals surface area (Å²) in [4.78, 5) is 0. The third-order valence-corrected chi connectivity index (χ3v) is 2.14. The van der Waals surface area contributed by atoms with Gasteiger partial charge in [0, 0.05) is 18.3 Å². The van der Waals surface area contributed by atoms with E-state index in [1.807, 2.05) is 0 Å². The molecule has 3 N–H and O–H groups in total. The van der Waals surface area contributed by atoms with Gasteiger partial charge in [0.05, 0.1) is 0 Å². The van der Waals surface area contributed by atoms with Gasteiger partial charge in [0.2, 0.25) is 0 Å². The fourth-order valence-corrected chi connectivity index (χ4v) is 1.20. The molecule has 0 aromatic heterocycles. The zero-order valence-electron chi connectivity index (χ0n) is 7.09. The first kappa shape index (κ1) is 7.62. The zero-order chi connectivity index (χ0) is 8.39. The van der Waals surface area contributed by atoms with E-state index in [0.717, 1.165) is 6.04 Å². The van der Waals surface area contributed by atoms with Crippen LogP contribution < -0.4 is 11.1 Å². The Balaban J connectivity index is 2.02. The predicted octanol–water partition coefficient (Wildman–Crippen LogP) is 1.72. The van der Waals surface area contributed by atoms with Crippen LogP contribution in [0, 0.1) is 0 Å². The van der Waals surface area contributed by atoms with Crippen LogP contribution >= 0.6 is 0 Å². The van der Waals surface area contributed by atoms with Crippen molar-refractivity contribution in [3.8, 4) is 0 Å². The molecule has 0 radical (unpaired) electrons. The fraction of sp³-hybridized carbons (Fsp3) is 0.400. The summed E-state index contributed by atoms with van der Waals surface area (Å²) in [5.74, 6) is 0. The van der Waals surface area contributed by atoms with E-state index in [2.05, 4.69) is 29.6 Å². The molecule has 1 aliphatic carbocycles. The van der Waals surface area contributed by atoms with Crippen LogP contribution in [-0.4, -0.2) is 6.04 Å². The van der Waals surface area contributed by atoms with Crippen molar-refractivity contribution in [1.82, 2.24) is 0 Å². The van der Waals surface area contributed by atoms with Gasteiger partial charge in [0.25, 0.3) is 0 Å². The second-order valence-corrected chi connectivity index (χ2v) is 3.32. The summed E-state index contributed by atoms with van der Waals surface area (Å²) < 4.78 is 0. The second kappa shape index (κ2) is 3.15. The minimum atomic E-state index is 0.629. The smallest absolute Gasteiger partial charge is 0.0342 e. The predicted molar refractivity (Wildman–Crippen MR) is 51.0 cm³/mol. The van der Waals surface area contributed by atoms with Crippen molar-refractivity contribution < 1.29 is 0 Å². The second-order valence-electron chi connectivity index (χ2n) is 3.32. The number of benzene rings is 1. The maximum absolute atomic E-state index is 5.49. The third kappa shape index (κ3) is 1.77. The molecular formula is C10H14N2. The van der Waals surface area contributed by atoms with E-state index in [9.17, 15) is 0 Å². The Morgan fingerprint density at radius 1 is 1.25 bits per heavy atom. The Labute approximate surface area is 72.8 Å². The monoisotopic (exact) mass is 162 g/mol. The molecule has 0 amide bonds. The Morgan fingerprint density at radius 3 is 2.42 bits per heavy atom. The van der Waals surface area contributed by atoms with Gasteiger partial charge < -0.3 is 11.1 Å². The lowest BCUT2D eigenvalue weighted by atomic mass is 10.2. The molecule has 0 heterocycles. The molecule has 1 saturated carbocycles. The van der Waals surface area contributed by atoms with E-state index in [1.165, 1.54) is 24.1 Å². The Bertz CT molecular complexity index is 249. The van der Waals surface area contributed by atoms with E-state index in [0.29, 0.717) is 6.54 Å². The number of hydrogen-bond donors (Lipinski definition) is 2. The first-order valence-corrected chi connectivity index (χ1v) is 4.44. The van der Waals surface area contributed by atoms with Crippen LogP contribution in [0.2, 0.25) is 0 Å². The van der Waals surface area contributed by atoms with E-state index in [-0.39, 0.29) is 0 Å². The molecule has 0 bridgehead atoms. The van der Waals surface area contributed by atoms with Gasteiger partial charge in [0.1, 0.15) is 0 Å². The topological polar surface area (TPSA) is 38.0 Å². The fourth-order valence-electron chi connectivity index (χ4n) is 1.20. The summed E-state index contributed by atoms with van der Waals surface area (Å²) in [5.41, 5.74) is 7.90. The maximum Gasteiger partial charge on any atom is 0.0342 e. The Hall–Kier alpha value is -1.02. The van der Waals surface area contributed by atoms with Gasteiger partial charge in [-0.1, -0.05) is 12.1 Å². The summed E-state index contributed by atoms with van der Waals surface area (Å²) in [5, 5.41) is 3.43. The van der Waals surface area contributed by atoms with Crippen LogP contribution in [0.15, 0.2) is 24.3 Å². The molecule has 2 rings (SSSR count). The van der Waals surface area contributed by atoms with Gasteiger partial charge in [-0.25, -0.2) is 0 Å². The number of nitrogens with one attached hydrogen (secondary N) is 1. The highest BCUT2D eigenvalue weighted by molar-refractivity contribution is 5.46. The zero-order valence-corrected chi connectivity index (χ0v) is 7.09. The van der Waals surface area contributed by atoms with Gasteiger partial charge in [-0.2, -0.15) is 0 Å². The molecule has 1 aromatic carbocycles. The average molecular weight is 162 g/mol. The van der Waals surface area contributed by atoms with Gasteiger partial charge >= 0.3 is 0 Å². The molecule has 1 fully saturated rings. The highest BCUT2D eigenvalue weighted by Gasteiger charge is 2.20. The molecule has 2 heteroatoms. The van der Waals surface area contributed by atoms with Gasteiger partial charge in [0.15, 0.2) is 0 Å². The summed E-state index contributed by atoms with van der Waals surface area (Å²) in [6, 6.07) is 9.07. The van der Waals surface area contributed by atoms with Crippen LogP contribution in [0.3, 0.4) is 0 Å². The Morgan fingerprint density at radius 2 is 1.92 bits per heavy atom.